The van der Waals surface area contributed by atoms with E-state index < -0.39 is 0 Å². The van der Waals surface area contributed by atoms with Gasteiger partial charge in [-0.2, -0.15) is 11.8 Å². The van der Waals surface area contributed by atoms with Gasteiger partial charge in [0.05, 0.1) is 11.1 Å². The molecule has 0 aliphatic heterocycles. The molecule has 0 radical (unpaired) electrons. The van der Waals surface area contributed by atoms with Crippen molar-refractivity contribution in [2.75, 3.05) is 23.9 Å². The van der Waals surface area contributed by atoms with E-state index in [-0.39, 0.29) is 5.56 Å². The number of thiophene rings is 1. The van der Waals surface area contributed by atoms with Crippen molar-refractivity contribution in [3.05, 3.63) is 52.8 Å². The third kappa shape index (κ3) is 2.95. The summed E-state index contributed by atoms with van der Waals surface area (Å²) in [6.45, 7) is 2.81. The van der Waals surface area contributed by atoms with Crippen LogP contribution in [0.2, 0.25) is 0 Å². The molecule has 3 heterocycles. The second-order valence-corrected chi connectivity index (χ2v) is 7.84. The lowest BCUT2D eigenvalue weighted by atomic mass is 10.2. The molecule has 4 aromatic rings. The summed E-state index contributed by atoms with van der Waals surface area (Å²) in [6.07, 6.45) is 5.17. The van der Waals surface area contributed by atoms with Crippen molar-refractivity contribution < 1.29 is 0 Å². The number of thioether (sulfide) groups is 1. The van der Waals surface area contributed by atoms with Crippen LogP contribution in [0.15, 0.2) is 41.7 Å². The van der Waals surface area contributed by atoms with Gasteiger partial charge in [-0.25, -0.2) is 15.0 Å². The van der Waals surface area contributed by atoms with Crippen LogP contribution in [0.25, 0.3) is 26.1 Å². The van der Waals surface area contributed by atoms with Crippen molar-refractivity contribution >= 4 is 49.3 Å². The molecule has 3 aromatic heterocycles. The van der Waals surface area contributed by atoms with E-state index in [0.29, 0.717) is 10.2 Å². The van der Waals surface area contributed by atoms with Crippen molar-refractivity contribution in [3.63, 3.8) is 0 Å². The number of hydrogen-bond acceptors (Lipinski definition) is 7. The summed E-state index contributed by atoms with van der Waals surface area (Å²) in [5, 5.41) is 4.15. The van der Waals surface area contributed by atoms with Gasteiger partial charge in [0.1, 0.15) is 33.5 Å². The molecule has 0 unspecified atom stereocenters. The molecule has 1 N–H and O–H groups in total. The van der Waals surface area contributed by atoms with Crippen LogP contribution in [0.3, 0.4) is 0 Å². The summed E-state index contributed by atoms with van der Waals surface area (Å²) in [4.78, 5) is 27.0. The number of aromatic nitrogens is 4. The molecule has 132 valence electrons. The van der Waals surface area contributed by atoms with Crippen LogP contribution in [0, 0.1) is 6.92 Å². The average Bonchev–Trinajstić information content (AvgIpc) is 3.04. The highest BCUT2D eigenvalue weighted by atomic mass is 32.2. The predicted octanol–water partition coefficient (Wildman–Crippen LogP) is 3.47. The van der Waals surface area contributed by atoms with E-state index >= 15 is 0 Å². The molecule has 0 amide bonds. The molecule has 26 heavy (non-hydrogen) atoms. The Balaban J connectivity index is 1.88. The van der Waals surface area contributed by atoms with Crippen LogP contribution in [0.1, 0.15) is 5.56 Å². The van der Waals surface area contributed by atoms with Gasteiger partial charge in [-0.1, -0.05) is 17.7 Å². The van der Waals surface area contributed by atoms with E-state index in [1.54, 1.807) is 22.7 Å². The summed E-state index contributed by atoms with van der Waals surface area (Å²) in [5.41, 5.74) is 2.52. The van der Waals surface area contributed by atoms with Gasteiger partial charge in [-0.15, -0.1) is 11.3 Å². The summed E-state index contributed by atoms with van der Waals surface area (Å²) in [5.74, 6) is 1.71. The van der Waals surface area contributed by atoms with Crippen molar-refractivity contribution in [3.8, 4) is 5.69 Å². The first-order chi connectivity index (χ1) is 12.7. The van der Waals surface area contributed by atoms with E-state index in [1.165, 1.54) is 17.7 Å². The molecule has 0 spiro atoms. The number of anilines is 1. The second kappa shape index (κ2) is 7.05. The number of hydrogen-bond donors (Lipinski definition) is 1. The van der Waals surface area contributed by atoms with E-state index in [4.69, 9.17) is 0 Å². The number of nitrogens with zero attached hydrogens (tertiary/aromatic N) is 4. The summed E-state index contributed by atoms with van der Waals surface area (Å²) < 4.78 is 2.17. The smallest absolute Gasteiger partial charge is 0.275 e. The van der Waals surface area contributed by atoms with Gasteiger partial charge in [0.15, 0.2) is 0 Å². The zero-order chi connectivity index (χ0) is 18.1. The number of nitrogens with one attached hydrogen (secondary N) is 1. The molecule has 8 heteroatoms. The lowest BCUT2D eigenvalue weighted by molar-refractivity contribution is 0.966. The molecule has 4 rings (SSSR count). The van der Waals surface area contributed by atoms with Crippen molar-refractivity contribution in [1.29, 1.82) is 0 Å². The summed E-state index contributed by atoms with van der Waals surface area (Å²) >= 11 is 3.12. The first-order valence-electron chi connectivity index (χ1n) is 8.14. The van der Waals surface area contributed by atoms with Crippen LogP contribution in [0.5, 0.6) is 0 Å². The molecule has 0 fully saturated rings. The first kappa shape index (κ1) is 17.0. The molecule has 0 aliphatic rings. The topological polar surface area (TPSA) is 72.7 Å². The largest absolute Gasteiger partial charge is 0.369 e. The monoisotopic (exact) mass is 383 g/mol. The Bertz CT molecular complexity index is 1130. The summed E-state index contributed by atoms with van der Waals surface area (Å²) in [7, 11) is 0. The normalized spacial score (nSPS) is 11.3. The summed E-state index contributed by atoms with van der Waals surface area (Å²) in [6, 6.07) is 7.81. The third-order valence-corrected chi connectivity index (χ3v) is 5.78. The number of fused-ring (bicyclic) bond motifs is 3. The maximum atomic E-state index is 13.0. The average molecular weight is 384 g/mol. The highest BCUT2D eigenvalue weighted by Gasteiger charge is 2.16. The minimum atomic E-state index is -0.0862. The Morgan fingerprint density at radius 1 is 1.19 bits per heavy atom. The van der Waals surface area contributed by atoms with Crippen molar-refractivity contribution in [1.82, 2.24) is 19.5 Å². The zero-order valence-corrected chi connectivity index (χ0v) is 16.0. The standard InChI is InChI=1S/C18H17N5OS2/c1-11-3-5-12(6-4-11)23-10-22-14-13-16(19-7-8-25-2)20-9-21-17(13)26-15(14)18(23)24/h3-6,9-10H,7-8H2,1-2H3,(H,19,20,21). The number of benzene rings is 1. The number of rotatable bonds is 5. The van der Waals surface area contributed by atoms with Crippen LogP contribution in [-0.2, 0) is 0 Å². The zero-order valence-electron chi connectivity index (χ0n) is 14.4. The minimum Gasteiger partial charge on any atom is -0.369 e. The Labute approximate surface area is 158 Å². The molecular formula is C18H17N5OS2. The van der Waals surface area contributed by atoms with Gasteiger partial charge < -0.3 is 5.32 Å². The van der Waals surface area contributed by atoms with Crippen molar-refractivity contribution in [2.45, 2.75) is 6.92 Å². The van der Waals surface area contributed by atoms with Crippen LogP contribution >= 0.6 is 23.1 Å². The molecule has 0 aliphatic carbocycles. The molecule has 0 atom stereocenters. The van der Waals surface area contributed by atoms with Crippen LogP contribution < -0.4 is 10.9 Å². The predicted molar refractivity (Wildman–Crippen MR) is 110 cm³/mol. The van der Waals surface area contributed by atoms with E-state index in [2.05, 4.69) is 26.5 Å². The lowest BCUT2D eigenvalue weighted by Gasteiger charge is -2.06. The lowest BCUT2D eigenvalue weighted by Crippen LogP contribution is -2.17. The molecule has 0 saturated carbocycles. The van der Waals surface area contributed by atoms with Crippen molar-refractivity contribution in [2.24, 2.45) is 0 Å². The Morgan fingerprint density at radius 2 is 2.00 bits per heavy atom. The maximum Gasteiger partial charge on any atom is 0.275 e. The quantitative estimate of drug-likeness (QED) is 0.532. The Kier molecular flexibility index (Phi) is 4.60. The fraction of sp³-hybridized carbons (Fsp3) is 0.222. The molecule has 0 saturated heterocycles. The molecule has 1 aromatic carbocycles. The Hall–Kier alpha value is -2.45. The van der Waals surface area contributed by atoms with E-state index in [0.717, 1.165) is 39.6 Å². The van der Waals surface area contributed by atoms with E-state index in [9.17, 15) is 4.79 Å². The number of aryl methyl sites for hydroxylation is 1. The third-order valence-electron chi connectivity index (χ3n) is 4.09. The van der Waals surface area contributed by atoms with E-state index in [1.807, 2.05) is 31.2 Å². The molecule has 0 bridgehead atoms. The SMILES string of the molecule is CSCCNc1ncnc2sc3c(=O)n(-c4ccc(C)cc4)cnc3c12. The highest BCUT2D eigenvalue weighted by molar-refractivity contribution is 7.98. The van der Waals surface area contributed by atoms with Gasteiger partial charge in [0.2, 0.25) is 0 Å². The van der Waals surface area contributed by atoms with Crippen LogP contribution in [0.4, 0.5) is 5.82 Å². The van der Waals surface area contributed by atoms with Gasteiger partial charge in [-0.3, -0.25) is 9.36 Å². The van der Waals surface area contributed by atoms with Gasteiger partial charge in [0, 0.05) is 12.3 Å². The van der Waals surface area contributed by atoms with Crippen LogP contribution in [-0.4, -0.2) is 38.1 Å². The van der Waals surface area contributed by atoms with Gasteiger partial charge >= 0.3 is 0 Å². The Morgan fingerprint density at radius 3 is 2.77 bits per heavy atom. The fourth-order valence-corrected chi connectivity index (χ4v) is 4.09. The maximum absolute atomic E-state index is 13.0. The highest BCUT2D eigenvalue weighted by Crippen LogP contribution is 2.32. The van der Waals surface area contributed by atoms with Gasteiger partial charge in [0.25, 0.3) is 5.56 Å². The van der Waals surface area contributed by atoms with Gasteiger partial charge in [-0.05, 0) is 25.3 Å². The second-order valence-electron chi connectivity index (χ2n) is 5.86. The fourth-order valence-electron chi connectivity index (χ4n) is 2.76. The molecular weight excluding hydrogens is 366 g/mol. The first-order valence-corrected chi connectivity index (χ1v) is 10.3. The molecule has 6 nitrogen and oxygen atoms in total. The minimum absolute atomic E-state index is 0.0862.